The Balaban J connectivity index is 2.48. The topological polar surface area (TPSA) is 20.3 Å². The van der Waals surface area contributed by atoms with E-state index in [0.29, 0.717) is 5.75 Å². The Morgan fingerprint density at radius 1 is 1.38 bits per heavy atom. The largest absolute Gasteiger partial charge is 0.343 e. The van der Waals surface area contributed by atoms with Crippen LogP contribution in [-0.4, -0.2) is 29.6 Å². The fraction of sp³-hybridized carbons (Fsp3) is 0.417. The third kappa shape index (κ3) is 4.18. The first-order valence-corrected chi connectivity index (χ1v) is 7.11. The van der Waals surface area contributed by atoms with Gasteiger partial charge in [-0.25, -0.2) is 0 Å². The van der Waals surface area contributed by atoms with Crippen LogP contribution >= 0.6 is 27.7 Å². The Morgan fingerprint density at radius 2 is 2.06 bits per heavy atom. The molecule has 0 N–H and O–H groups in total. The van der Waals surface area contributed by atoms with Crippen molar-refractivity contribution in [1.29, 1.82) is 0 Å². The number of hydrogen-bond acceptors (Lipinski definition) is 2. The molecule has 1 amide bonds. The number of halogens is 1. The molecule has 0 heterocycles. The van der Waals surface area contributed by atoms with Crippen LogP contribution in [0, 0.1) is 0 Å². The third-order valence-electron chi connectivity index (χ3n) is 2.27. The molecule has 4 heteroatoms. The summed E-state index contributed by atoms with van der Waals surface area (Å²) in [7, 11) is 0. The molecule has 0 spiro atoms. The van der Waals surface area contributed by atoms with Crippen molar-refractivity contribution in [2.45, 2.75) is 18.7 Å². The molecule has 0 aromatic heterocycles. The Kier molecular flexibility index (Phi) is 5.91. The number of nitrogens with zero attached hydrogens (tertiary/aromatic N) is 1. The monoisotopic (exact) mass is 301 g/mol. The fourth-order valence-electron chi connectivity index (χ4n) is 1.37. The normalized spacial score (nSPS) is 10.2. The van der Waals surface area contributed by atoms with Crippen molar-refractivity contribution in [2.75, 3.05) is 18.8 Å². The highest BCUT2D eigenvalue weighted by Gasteiger charge is 2.09. The molecule has 16 heavy (non-hydrogen) atoms. The lowest BCUT2D eigenvalue weighted by molar-refractivity contribution is -0.127. The second-order valence-corrected chi connectivity index (χ2v) is 5.28. The first kappa shape index (κ1) is 13.6. The maximum atomic E-state index is 11.8. The number of thioether (sulfide) groups is 1. The van der Waals surface area contributed by atoms with E-state index in [2.05, 4.69) is 15.9 Å². The number of rotatable bonds is 5. The van der Waals surface area contributed by atoms with E-state index < -0.39 is 0 Å². The SMILES string of the molecule is CCN(CC)C(=O)CSc1cccc(Br)c1. The predicted molar refractivity (Wildman–Crippen MR) is 72.8 cm³/mol. The van der Waals surface area contributed by atoms with Crippen LogP contribution in [0.1, 0.15) is 13.8 Å². The van der Waals surface area contributed by atoms with E-state index in [9.17, 15) is 4.79 Å². The number of benzene rings is 1. The van der Waals surface area contributed by atoms with Crippen molar-refractivity contribution in [1.82, 2.24) is 4.90 Å². The zero-order valence-electron chi connectivity index (χ0n) is 9.57. The van der Waals surface area contributed by atoms with Gasteiger partial charge in [0.1, 0.15) is 0 Å². The molecule has 0 aliphatic rings. The summed E-state index contributed by atoms with van der Waals surface area (Å²) in [6.45, 7) is 5.58. The van der Waals surface area contributed by atoms with Gasteiger partial charge in [-0.3, -0.25) is 4.79 Å². The van der Waals surface area contributed by atoms with E-state index in [1.807, 2.05) is 43.0 Å². The van der Waals surface area contributed by atoms with Crippen LogP contribution in [0.4, 0.5) is 0 Å². The Labute approximate surface area is 110 Å². The van der Waals surface area contributed by atoms with E-state index in [4.69, 9.17) is 0 Å². The van der Waals surface area contributed by atoms with Crippen LogP contribution in [0.25, 0.3) is 0 Å². The molecule has 0 saturated carbocycles. The molecular weight excluding hydrogens is 286 g/mol. The molecule has 0 aliphatic heterocycles. The summed E-state index contributed by atoms with van der Waals surface area (Å²) in [6, 6.07) is 8.01. The van der Waals surface area contributed by atoms with Gasteiger partial charge in [-0.1, -0.05) is 22.0 Å². The van der Waals surface area contributed by atoms with E-state index >= 15 is 0 Å². The molecule has 0 aliphatic carbocycles. The molecule has 0 saturated heterocycles. The average molecular weight is 302 g/mol. The van der Waals surface area contributed by atoms with Crippen molar-refractivity contribution >= 4 is 33.6 Å². The van der Waals surface area contributed by atoms with Crippen LogP contribution in [0.15, 0.2) is 33.6 Å². The minimum atomic E-state index is 0.204. The van der Waals surface area contributed by atoms with Gasteiger partial charge >= 0.3 is 0 Å². The minimum Gasteiger partial charge on any atom is -0.343 e. The lowest BCUT2D eigenvalue weighted by Crippen LogP contribution is -2.31. The Morgan fingerprint density at radius 3 is 2.62 bits per heavy atom. The summed E-state index contributed by atoms with van der Waals surface area (Å²) < 4.78 is 1.05. The van der Waals surface area contributed by atoms with Crippen LogP contribution in [0.2, 0.25) is 0 Å². The molecular formula is C12H16BrNOS. The summed E-state index contributed by atoms with van der Waals surface area (Å²) >= 11 is 5.00. The highest BCUT2D eigenvalue weighted by Crippen LogP contribution is 2.22. The molecule has 0 radical (unpaired) electrons. The van der Waals surface area contributed by atoms with Crippen LogP contribution in [-0.2, 0) is 4.79 Å². The Bertz CT molecular complexity index is 353. The number of hydrogen-bond donors (Lipinski definition) is 0. The highest BCUT2D eigenvalue weighted by atomic mass is 79.9. The van der Waals surface area contributed by atoms with Crippen LogP contribution < -0.4 is 0 Å². The van der Waals surface area contributed by atoms with Gasteiger partial charge in [0, 0.05) is 22.5 Å². The first-order valence-electron chi connectivity index (χ1n) is 5.33. The maximum Gasteiger partial charge on any atom is 0.232 e. The molecule has 0 unspecified atom stereocenters. The van der Waals surface area contributed by atoms with Crippen molar-refractivity contribution in [2.24, 2.45) is 0 Å². The quantitative estimate of drug-likeness (QED) is 0.777. The summed E-state index contributed by atoms with van der Waals surface area (Å²) in [5.74, 6) is 0.716. The van der Waals surface area contributed by atoms with Crippen molar-refractivity contribution in [3.63, 3.8) is 0 Å². The molecule has 0 bridgehead atoms. The molecule has 0 fully saturated rings. The zero-order chi connectivity index (χ0) is 12.0. The lowest BCUT2D eigenvalue weighted by Gasteiger charge is -2.18. The van der Waals surface area contributed by atoms with Crippen LogP contribution in [0.3, 0.4) is 0 Å². The molecule has 0 atom stereocenters. The maximum absolute atomic E-state index is 11.8. The van der Waals surface area contributed by atoms with E-state index in [-0.39, 0.29) is 5.91 Å². The van der Waals surface area contributed by atoms with Gasteiger partial charge in [0.25, 0.3) is 0 Å². The number of carbonyl (C=O) groups is 1. The van der Waals surface area contributed by atoms with E-state index in [1.165, 1.54) is 0 Å². The molecule has 2 nitrogen and oxygen atoms in total. The third-order valence-corrected chi connectivity index (χ3v) is 3.75. The Hall–Kier alpha value is -0.480. The zero-order valence-corrected chi connectivity index (χ0v) is 12.0. The number of amides is 1. The van der Waals surface area contributed by atoms with E-state index in [1.54, 1.807) is 11.8 Å². The van der Waals surface area contributed by atoms with Crippen molar-refractivity contribution in [3.05, 3.63) is 28.7 Å². The molecule has 1 aromatic rings. The van der Waals surface area contributed by atoms with E-state index in [0.717, 1.165) is 22.5 Å². The highest BCUT2D eigenvalue weighted by molar-refractivity contribution is 9.10. The predicted octanol–water partition coefficient (Wildman–Crippen LogP) is 3.41. The first-order chi connectivity index (χ1) is 7.67. The minimum absolute atomic E-state index is 0.204. The molecule has 1 rings (SSSR count). The van der Waals surface area contributed by atoms with Gasteiger partial charge in [0.15, 0.2) is 0 Å². The molecule has 1 aromatic carbocycles. The van der Waals surface area contributed by atoms with Gasteiger partial charge in [-0.2, -0.15) is 0 Å². The van der Waals surface area contributed by atoms with Gasteiger partial charge in [0.2, 0.25) is 5.91 Å². The van der Waals surface area contributed by atoms with Gasteiger partial charge in [-0.15, -0.1) is 11.8 Å². The van der Waals surface area contributed by atoms with Gasteiger partial charge in [0.05, 0.1) is 5.75 Å². The standard InChI is InChI=1S/C12H16BrNOS/c1-3-14(4-2)12(15)9-16-11-7-5-6-10(13)8-11/h5-8H,3-4,9H2,1-2H3. The van der Waals surface area contributed by atoms with Gasteiger partial charge < -0.3 is 4.90 Å². The second kappa shape index (κ2) is 6.97. The summed E-state index contributed by atoms with van der Waals surface area (Å²) in [5, 5.41) is 0. The summed E-state index contributed by atoms with van der Waals surface area (Å²) in [4.78, 5) is 14.7. The smallest absolute Gasteiger partial charge is 0.232 e. The van der Waals surface area contributed by atoms with Crippen LogP contribution in [0.5, 0.6) is 0 Å². The summed E-state index contributed by atoms with van der Waals surface area (Å²) in [6.07, 6.45) is 0. The lowest BCUT2D eigenvalue weighted by atomic mass is 10.4. The molecule has 88 valence electrons. The number of carbonyl (C=O) groups excluding carboxylic acids is 1. The fourth-order valence-corrected chi connectivity index (χ4v) is 2.78. The van der Waals surface area contributed by atoms with Crippen molar-refractivity contribution < 1.29 is 4.79 Å². The van der Waals surface area contributed by atoms with Gasteiger partial charge in [-0.05, 0) is 32.0 Å². The average Bonchev–Trinajstić information content (AvgIpc) is 2.28. The van der Waals surface area contributed by atoms with Crippen molar-refractivity contribution in [3.8, 4) is 0 Å². The second-order valence-electron chi connectivity index (χ2n) is 3.31. The summed E-state index contributed by atoms with van der Waals surface area (Å²) in [5.41, 5.74) is 0.